The van der Waals surface area contributed by atoms with E-state index in [9.17, 15) is 0 Å². The molecule has 3 aromatic carbocycles. The van der Waals surface area contributed by atoms with Gasteiger partial charge in [0.1, 0.15) is 12.4 Å². The maximum atomic E-state index is 6.84. The van der Waals surface area contributed by atoms with Gasteiger partial charge >= 0.3 is 0 Å². The highest BCUT2D eigenvalue weighted by Gasteiger charge is 2.49. The summed E-state index contributed by atoms with van der Waals surface area (Å²) in [6.45, 7) is 13.1. The fraction of sp³-hybridized carbons (Fsp3) is 0.471. The molecule has 0 aliphatic heterocycles. The molecule has 0 amide bonds. The van der Waals surface area contributed by atoms with Crippen LogP contribution < -0.4 is 15.1 Å². The molecule has 0 unspecified atom stereocenters. The minimum Gasteiger partial charge on any atom is -0.491 e. The predicted molar refractivity (Wildman–Crippen MR) is 170 cm³/mol. The maximum absolute atomic E-state index is 6.84. The van der Waals surface area contributed by atoms with Crippen molar-refractivity contribution in [1.29, 1.82) is 0 Å². The van der Waals surface area contributed by atoms with Crippen LogP contribution in [0.5, 0.6) is 5.75 Å². The first-order valence-electron chi connectivity index (χ1n) is 14.9. The summed E-state index contributed by atoms with van der Waals surface area (Å²) < 4.78 is 40.5. The Morgan fingerprint density at radius 3 is 1.14 bits per heavy atom. The lowest BCUT2D eigenvalue weighted by atomic mass is 10.2. The Labute approximate surface area is 253 Å². The van der Waals surface area contributed by atoms with Gasteiger partial charge in [-0.25, -0.2) is 0 Å². The van der Waals surface area contributed by atoms with Crippen LogP contribution in [0.25, 0.3) is 0 Å². The van der Waals surface area contributed by atoms with Crippen molar-refractivity contribution in [2.45, 2.75) is 25.8 Å². The van der Waals surface area contributed by atoms with E-state index in [-0.39, 0.29) is 5.04 Å². The number of benzene rings is 3. The third kappa shape index (κ3) is 11.6. The smallest absolute Gasteiger partial charge is 0.261 e. The van der Waals surface area contributed by atoms with Gasteiger partial charge in [-0.15, -0.1) is 0 Å². The van der Waals surface area contributed by atoms with Crippen molar-refractivity contribution in [1.82, 2.24) is 0 Å². The van der Waals surface area contributed by atoms with Crippen molar-refractivity contribution in [2.24, 2.45) is 0 Å². The van der Waals surface area contributed by atoms with Gasteiger partial charge in [0.25, 0.3) is 8.32 Å². The average Bonchev–Trinajstić information content (AvgIpc) is 3.01. The Kier molecular flexibility index (Phi) is 15.8. The topological polar surface area (TPSA) is 64.6 Å². The summed E-state index contributed by atoms with van der Waals surface area (Å²) in [7, 11) is -2.52. The summed E-state index contributed by atoms with van der Waals surface area (Å²) in [4.78, 5) is 0. The zero-order valence-electron chi connectivity index (χ0n) is 25.5. The van der Waals surface area contributed by atoms with Crippen LogP contribution in [0.1, 0.15) is 20.8 Å². The summed E-state index contributed by atoms with van der Waals surface area (Å²) in [6.07, 6.45) is 0. The summed E-state index contributed by atoms with van der Waals surface area (Å²) in [5.41, 5.74) is 0. The van der Waals surface area contributed by atoms with Crippen molar-refractivity contribution in [3.63, 3.8) is 0 Å². The summed E-state index contributed by atoms with van der Waals surface area (Å²) in [5.74, 6) is 0.850. The number of hydrogen-bond acceptors (Lipinski definition) is 7. The number of ether oxygens (including phenoxy) is 6. The lowest BCUT2D eigenvalue weighted by Crippen LogP contribution is -2.66. The van der Waals surface area contributed by atoms with Crippen molar-refractivity contribution in [3.05, 3.63) is 91.0 Å². The van der Waals surface area contributed by atoms with Crippen LogP contribution in [0.4, 0.5) is 0 Å². The van der Waals surface area contributed by atoms with E-state index in [2.05, 4.69) is 81.4 Å². The van der Waals surface area contributed by atoms with Crippen molar-refractivity contribution in [2.75, 3.05) is 79.3 Å². The number of hydrogen-bond donors (Lipinski definition) is 0. The molecule has 8 heteroatoms. The molecule has 0 saturated heterocycles. The van der Waals surface area contributed by atoms with Gasteiger partial charge in [-0.3, -0.25) is 0 Å². The van der Waals surface area contributed by atoms with Gasteiger partial charge in [0.05, 0.1) is 72.7 Å². The molecular weight excluding hydrogens is 548 g/mol. The third-order valence-electron chi connectivity index (χ3n) is 6.69. The first-order chi connectivity index (χ1) is 20.5. The maximum Gasteiger partial charge on any atom is 0.261 e. The van der Waals surface area contributed by atoms with E-state index in [1.165, 1.54) is 10.4 Å². The lowest BCUT2D eigenvalue weighted by molar-refractivity contribution is -0.0143. The Hall–Kier alpha value is -2.56. The van der Waals surface area contributed by atoms with E-state index >= 15 is 0 Å². The molecule has 0 spiro atoms. The number of para-hydroxylation sites is 1. The minimum atomic E-state index is -2.52. The van der Waals surface area contributed by atoms with Crippen LogP contribution in [0.15, 0.2) is 91.0 Å². The summed E-state index contributed by atoms with van der Waals surface area (Å²) >= 11 is 0. The molecular formula is C34H48O7Si. The second-order valence-corrected chi connectivity index (χ2v) is 15.0. The fourth-order valence-corrected chi connectivity index (χ4v) is 9.28. The van der Waals surface area contributed by atoms with E-state index in [1.807, 2.05) is 30.3 Å². The van der Waals surface area contributed by atoms with Crippen molar-refractivity contribution >= 4 is 18.7 Å². The van der Waals surface area contributed by atoms with E-state index in [4.69, 9.17) is 32.8 Å². The quantitative estimate of drug-likeness (QED) is 0.123. The van der Waals surface area contributed by atoms with Gasteiger partial charge in [-0.05, 0) is 27.5 Å². The Morgan fingerprint density at radius 2 is 0.762 bits per heavy atom. The van der Waals surface area contributed by atoms with Gasteiger partial charge < -0.3 is 32.8 Å². The third-order valence-corrected chi connectivity index (χ3v) is 11.7. The second-order valence-electron chi connectivity index (χ2n) is 10.7. The highest BCUT2D eigenvalue weighted by Crippen LogP contribution is 2.36. The van der Waals surface area contributed by atoms with Crippen LogP contribution in [-0.4, -0.2) is 87.6 Å². The van der Waals surface area contributed by atoms with Gasteiger partial charge in [-0.2, -0.15) is 0 Å². The highest BCUT2D eigenvalue weighted by molar-refractivity contribution is 6.99. The van der Waals surface area contributed by atoms with Gasteiger partial charge in [0, 0.05) is 0 Å². The molecule has 0 bridgehead atoms. The van der Waals surface area contributed by atoms with E-state index in [0.29, 0.717) is 79.3 Å². The summed E-state index contributed by atoms with van der Waals surface area (Å²) in [5, 5.41) is 2.50. The molecule has 0 aliphatic carbocycles. The molecule has 3 rings (SSSR count). The molecule has 0 saturated carbocycles. The molecule has 0 atom stereocenters. The minimum absolute atomic E-state index is 0.0459. The average molecular weight is 597 g/mol. The largest absolute Gasteiger partial charge is 0.491 e. The molecule has 0 radical (unpaired) electrons. The van der Waals surface area contributed by atoms with E-state index in [1.54, 1.807) is 0 Å². The molecule has 7 nitrogen and oxygen atoms in total. The van der Waals surface area contributed by atoms with Crippen LogP contribution in [-0.2, 0) is 28.1 Å². The molecule has 230 valence electrons. The molecule has 0 fully saturated rings. The first kappa shape index (κ1) is 33.9. The van der Waals surface area contributed by atoms with Crippen molar-refractivity contribution < 1.29 is 32.8 Å². The molecule has 0 aliphatic rings. The molecule has 0 heterocycles. The molecule has 0 N–H and O–H groups in total. The van der Waals surface area contributed by atoms with Gasteiger partial charge in [0.15, 0.2) is 0 Å². The summed E-state index contributed by atoms with van der Waals surface area (Å²) in [6, 6.07) is 31.0. The van der Waals surface area contributed by atoms with Gasteiger partial charge in [-0.1, -0.05) is 99.6 Å². The highest BCUT2D eigenvalue weighted by atomic mass is 28.4. The van der Waals surface area contributed by atoms with Crippen LogP contribution in [0.3, 0.4) is 0 Å². The number of rotatable bonds is 22. The first-order valence-corrected chi connectivity index (χ1v) is 16.8. The zero-order valence-corrected chi connectivity index (χ0v) is 26.5. The van der Waals surface area contributed by atoms with E-state index in [0.717, 1.165) is 5.75 Å². The Morgan fingerprint density at radius 1 is 0.429 bits per heavy atom. The second kappa shape index (κ2) is 19.6. The Balaban J connectivity index is 1.18. The van der Waals surface area contributed by atoms with Crippen LogP contribution >= 0.6 is 0 Å². The normalized spacial score (nSPS) is 12.0. The Bertz CT molecular complexity index is 1020. The monoisotopic (exact) mass is 596 g/mol. The molecule has 42 heavy (non-hydrogen) atoms. The van der Waals surface area contributed by atoms with Gasteiger partial charge in [0.2, 0.25) is 0 Å². The molecule has 3 aromatic rings. The lowest BCUT2D eigenvalue weighted by Gasteiger charge is -2.43. The van der Waals surface area contributed by atoms with Crippen LogP contribution in [0.2, 0.25) is 5.04 Å². The van der Waals surface area contributed by atoms with Crippen molar-refractivity contribution in [3.8, 4) is 5.75 Å². The SMILES string of the molecule is CC(C)(C)[Si](OCCOCCOCCOCCOCCOCCOc1ccccc1)(c1ccccc1)c1ccccc1. The van der Waals surface area contributed by atoms with Crippen LogP contribution in [0, 0.1) is 0 Å². The molecule has 0 aromatic heterocycles. The fourth-order valence-electron chi connectivity index (χ4n) is 4.73. The van der Waals surface area contributed by atoms with E-state index < -0.39 is 8.32 Å². The predicted octanol–water partition coefficient (Wildman–Crippen LogP) is 4.73. The standard InChI is InChI=1S/C34H48O7Si/c1-34(2,3)42(32-15-9-5-10-16-32,33-17-11-6-12-18-33)41-30-28-39-26-24-37-22-20-35-19-21-36-23-25-38-27-29-40-31-13-7-4-8-14-31/h4-18H,19-30H2,1-3H3. The zero-order chi connectivity index (χ0) is 29.8.